The molecule has 2 heterocycles. The summed E-state index contributed by atoms with van der Waals surface area (Å²) in [5, 5.41) is 6.74. The van der Waals surface area contributed by atoms with Gasteiger partial charge in [0, 0.05) is 39.8 Å². The number of benzene rings is 2. The monoisotopic (exact) mass is 464 g/mol. The molecule has 4 rings (SSSR count). The zero-order chi connectivity index (χ0) is 22.7. The third-order valence-electron chi connectivity index (χ3n) is 5.07. The molecule has 3 aromatic rings. The van der Waals surface area contributed by atoms with Gasteiger partial charge in [0.1, 0.15) is 5.03 Å². The SMILES string of the molecule is CSc1cccc(NC(=O)c2ccc(NC(=O)N3CCSc4nc(C)cc(C)c43)cc2)c1. The van der Waals surface area contributed by atoms with Crippen molar-refractivity contribution in [2.24, 2.45) is 0 Å². The number of urea groups is 1. The van der Waals surface area contributed by atoms with Gasteiger partial charge in [0.15, 0.2) is 0 Å². The predicted molar refractivity (Wildman–Crippen MR) is 133 cm³/mol. The van der Waals surface area contributed by atoms with Crippen molar-refractivity contribution in [1.82, 2.24) is 4.98 Å². The normalized spacial score (nSPS) is 12.8. The number of hydrogen-bond acceptors (Lipinski definition) is 5. The van der Waals surface area contributed by atoms with Crippen molar-refractivity contribution in [3.05, 3.63) is 71.4 Å². The standard InChI is InChI=1S/C24H24N4O2S2/c1-15-13-16(2)25-23-21(15)28(11-12-32-23)24(30)27-18-9-7-17(8-10-18)22(29)26-19-5-4-6-20(14-19)31-3/h4-10,13-14H,11-12H2,1-3H3,(H,26,29)(H,27,30). The van der Waals surface area contributed by atoms with Gasteiger partial charge in [0.2, 0.25) is 0 Å². The van der Waals surface area contributed by atoms with Gasteiger partial charge in [-0.3, -0.25) is 9.69 Å². The fraction of sp³-hybridized carbons (Fsp3) is 0.208. The third-order valence-corrected chi connectivity index (χ3v) is 6.74. The van der Waals surface area contributed by atoms with Gasteiger partial charge < -0.3 is 10.6 Å². The zero-order valence-electron chi connectivity index (χ0n) is 18.1. The highest BCUT2D eigenvalue weighted by Crippen LogP contribution is 2.36. The quantitative estimate of drug-likeness (QED) is 0.476. The molecule has 0 aliphatic carbocycles. The highest BCUT2D eigenvalue weighted by molar-refractivity contribution is 7.99. The van der Waals surface area contributed by atoms with E-state index in [4.69, 9.17) is 0 Å². The maximum absolute atomic E-state index is 13.0. The van der Waals surface area contributed by atoms with Crippen LogP contribution in [0, 0.1) is 13.8 Å². The lowest BCUT2D eigenvalue weighted by molar-refractivity contribution is 0.102. The second-order valence-electron chi connectivity index (χ2n) is 7.43. The number of nitrogens with one attached hydrogen (secondary N) is 2. The summed E-state index contributed by atoms with van der Waals surface area (Å²) in [6.45, 7) is 4.58. The van der Waals surface area contributed by atoms with Crippen LogP contribution in [-0.4, -0.2) is 35.5 Å². The average molecular weight is 465 g/mol. The number of carbonyl (C=O) groups is 2. The van der Waals surface area contributed by atoms with Crippen molar-refractivity contribution >= 4 is 52.5 Å². The number of amides is 3. The molecule has 1 aliphatic rings. The van der Waals surface area contributed by atoms with Crippen LogP contribution in [0.5, 0.6) is 0 Å². The van der Waals surface area contributed by atoms with Crippen LogP contribution >= 0.6 is 23.5 Å². The van der Waals surface area contributed by atoms with Crippen LogP contribution in [0.4, 0.5) is 21.9 Å². The van der Waals surface area contributed by atoms with Crippen LogP contribution in [0.3, 0.4) is 0 Å². The van der Waals surface area contributed by atoms with E-state index in [-0.39, 0.29) is 11.9 Å². The molecule has 0 unspecified atom stereocenters. The van der Waals surface area contributed by atoms with Crippen LogP contribution in [-0.2, 0) is 0 Å². The van der Waals surface area contributed by atoms with Crippen LogP contribution in [0.2, 0.25) is 0 Å². The van der Waals surface area contributed by atoms with E-state index >= 15 is 0 Å². The summed E-state index contributed by atoms with van der Waals surface area (Å²) in [5.41, 5.74) is 4.76. The Hall–Kier alpha value is -2.97. The summed E-state index contributed by atoms with van der Waals surface area (Å²) < 4.78 is 0. The van der Waals surface area contributed by atoms with Gasteiger partial charge in [-0.15, -0.1) is 23.5 Å². The van der Waals surface area contributed by atoms with Gasteiger partial charge in [-0.2, -0.15) is 0 Å². The first-order valence-corrected chi connectivity index (χ1v) is 12.4. The molecule has 164 valence electrons. The molecule has 2 aromatic carbocycles. The number of anilines is 3. The molecular weight excluding hydrogens is 440 g/mol. The first-order chi connectivity index (χ1) is 15.4. The number of nitrogens with zero attached hydrogens (tertiary/aromatic N) is 2. The molecule has 0 radical (unpaired) electrons. The van der Waals surface area contributed by atoms with Crippen molar-refractivity contribution in [3.63, 3.8) is 0 Å². The molecule has 32 heavy (non-hydrogen) atoms. The zero-order valence-corrected chi connectivity index (χ0v) is 19.8. The minimum Gasteiger partial charge on any atom is -0.322 e. The Kier molecular flexibility index (Phi) is 6.72. The van der Waals surface area contributed by atoms with Gasteiger partial charge in [-0.1, -0.05) is 6.07 Å². The van der Waals surface area contributed by atoms with Crippen LogP contribution in [0.25, 0.3) is 0 Å². The fourth-order valence-corrected chi connectivity index (χ4v) is 5.12. The van der Waals surface area contributed by atoms with Crippen LogP contribution in [0.15, 0.2) is 64.5 Å². The lowest BCUT2D eigenvalue weighted by atomic mass is 10.2. The van der Waals surface area contributed by atoms with E-state index in [2.05, 4.69) is 15.6 Å². The van der Waals surface area contributed by atoms with Crippen molar-refractivity contribution < 1.29 is 9.59 Å². The molecule has 8 heteroatoms. The maximum Gasteiger partial charge on any atom is 0.326 e. The minimum absolute atomic E-state index is 0.194. The Morgan fingerprint density at radius 1 is 1.03 bits per heavy atom. The largest absolute Gasteiger partial charge is 0.326 e. The molecule has 0 saturated heterocycles. The Labute approximate surface area is 196 Å². The molecule has 0 spiro atoms. The minimum atomic E-state index is -0.202. The number of aryl methyl sites for hydroxylation is 2. The predicted octanol–water partition coefficient (Wildman–Crippen LogP) is 5.82. The number of rotatable bonds is 4. The molecular formula is C24H24N4O2S2. The first-order valence-electron chi connectivity index (χ1n) is 10.2. The molecule has 6 nitrogen and oxygen atoms in total. The second-order valence-corrected chi connectivity index (χ2v) is 9.39. The van der Waals surface area contributed by atoms with Crippen LogP contribution < -0.4 is 15.5 Å². The van der Waals surface area contributed by atoms with Crippen molar-refractivity contribution in [3.8, 4) is 0 Å². The Morgan fingerprint density at radius 2 is 1.81 bits per heavy atom. The van der Waals surface area contributed by atoms with E-state index in [1.807, 2.05) is 50.4 Å². The number of hydrogen-bond donors (Lipinski definition) is 2. The lowest BCUT2D eigenvalue weighted by Crippen LogP contribution is -2.39. The van der Waals surface area contributed by atoms with Crippen molar-refractivity contribution in [1.29, 1.82) is 0 Å². The van der Waals surface area contributed by atoms with Crippen molar-refractivity contribution in [2.75, 3.05) is 34.1 Å². The van der Waals surface area contributed by atoms with E-state index in [1.165, 1.54) is 0 Å². The summed E-state index contributed by atoms with van der Waals surface area (Å²) in [7, 11) is 0. The van der Waals surface area contributed by atoms with Gasteiger partial charge >= 0.3 is 6.03 Å². The molecule has 1 aliphatic heterocycles. The number of carbonyl (C=O) groups excluding carboxylic acids is 2. The molecule has 2 N–H and O–H groups in total. The Bertz CT molecular complexity index is 1170. The maximum atomic E-state index is 13.0. The van der Waals surface area contributed by atoms with E-state index in [1.54, 1.807) is 52.7 Å². The summed E-state index contributed by atoms with van der Waals surface area (Å²) >= 11 is 3.30. The molecule has 0 fully saturated rings. The Morgan fingerprint density at radius 3 is 2.56 bits per heavy atom. The number of thioether (sulfide) groups is 2. The summed E-state index contributed by atoms with van der Waals surface area (Å²) in [6.07, 6.45) is 1.99. The molecule has 0 saturated carbocycles. The molecule has 1 aromatic heterocycles. The fourth-order valence-electron chi connectivity index (χ4n) is 3.57. The molecule has 0 atom stereocenters. The van der Waals surface area contributed by atoms with E-state index in [0.717, 1.165) is 38.3 Å². The number of aromatic nitrogens is 1. The number of fused-ring (bicyclic) bond motifs is 1. The van der Waals surface area contributed by atoms with Gasteiger partial charge in [0.05, 0.1) is 5.69 Å². The van der Waals surface area contributed by atoms with E-state index in [9.17, 15) is 9.59 Å². The summed E-state index contributed by atoms with van der Waals surface area (Å²) in [5.74, 6) is 0.604. The first kappa shape index (κ1) is 22.2. The van der Waals surface area contributed by atoms with Gasteiger partial charge in [-0.05, 0) is 74.2 Å². The van der Waals surface area contributed by atoms with Crippen molar-refractivity contribution in [2.45, 2.75) is 23.8 Å². The molecule has 0 bridgehead atoms. The number of pyridine rings is 1. The smallest absolute Gasteiger partial charge is 0.322 e. The van der Waals surface area contributed by atoms with E-state index in [0.29, 0.717) is 17.8 Å². The third kappa shape index (κ3) is 4.92. The highest BCUT2D eigenvalue weighted by atomic mass is 32.2. The lowest BCUT2D eigenvalue weighted by Gasteiger charge is -2.30. The molecule has 3 amide bonds. The summed E-state index contributed by atoms with van der Waals surface area (Å²) in [6, 6.07) is 16.4. The van der Waals surface area contributed by atoms with Gasteiger partial charge in [0.25, 0.3) is 5.91 Å². The second kappa shape index (κ2) is 9.67. The van der Waals surface area contributed by atoms with Gasteiger partial charge in [-0.25, -0.2) is 9.78 Å². The highest BCUT2D eigenvalue weighted by Gasteiger charge is 2.26. The topological polar surface area (TPSA) is 74.3 Å². The summed E-state index contributed by atoms with van der Waals surface area (Å²) in [4.78, 5) is 33.0. The van der Waals surface area contributed by atoms with E-state index < -0.39 is 0 Å². The van der Waals surface area contributed by atoms with Crippen LogP contribution in [0.1, 0.15) is 21.6 Å². The average Bonchev–Trinajstić information content (AvgIpc) is 2.79. The Balaban J connectivity index is 1.44.